The van der Waals surface area contributed by atoms with Gasteiger partial charge in [-0.1, -0.05) is 0 Å². The molecule has 1 amide bonds. The largest absolute Gasteiger partial charge is 0.326 e. The molecule has 7 nitrogen and oxygen atoms in total. The normalized spacial score (nSPS) is 12.1. The Kier molecular flexibility index (Phi) is 6.79. The van der Waals surface area contributed by atoms with Crippen LogP contribution in [0.2, 0.25) is 0 Å². The first-order valence-corrected chi connectivity index (χ1v) is 10.1. The van der Waals surface area contributed by atoms with Gasteiger partial charge in [0.25, 0.3) is 10.1 Å². The van der Waals surface area contributed by atoms with Gasteiger partial charge < -0.3 is 5.32 Å². The fraction of sp³-hybridized carbons (Fsp3) is 0.417. The first kappa shape index (κ1) is 18.9. The van der Waals surface area contributed by atoms with E-state index in [0.717, 1.165) is 12.1 Å². The number of carbonyl (C=O) groups excluding carboxylic acids is 1. The summed E-state index contributed by atoms with van der Waals surface area (Å²) in [5.74, 6) is -0.600. The molecule has 0 saturated heterocycles. The molecule has 0 spiro atoms. The van der Waals surface area contributed by atoms with Gasteiger partial charge >= 0.3 is 0 Å². The number of amides is 1. The standard InChI is InChI=1S/C12H16ClNO6S2/c13-7-9-21(16,17)8-1-2-12(15)14-10-3-5-11(6-4-10)22(18,19)20/h3-6H,1-2,7-9H2,(H,14,15)(H,18,19,20). The fourth-order valence-corrected chi connectivity index (χ4v) is 3.81. The topological polar surface area (TPSA) is 118 Å². The van der Waals surface area contributed by atoms with Gasteiger partial charge in [-0.2, -0.15) is 8.42 Å². The molecule has 0 heterocycles. The van der Waals surface area contributed by atoms with E-state index in [0.29, 0.717) is 5.69 Å². The van der Waals surface area contributed by atoms with Crippen molar-refractivity contribution in [2.75, 3.05) is 22.7 Å². The van der Waals surface area contributed by atoms with Crippen LogP contribution in [-0.4, -0.2) is 44.7 Å². The lowest BCUT2D eigenvalue weighted by molar-refractivity contribution is -0.116. The molecule has 1 aromatic carbocycles. The van der Waals surface area contributed by atoms with Gasteiger partial charge in [0.2, 0.25) is 5.91 Å². The summed E-state index contributed by atoms with van der Waals surface area (Å²) in [4.78, 5) is 11.4. The maximum absolute atomic E-state index is 11.6. The van der Waals surface area contributed by atoms with E-state index in [2.05, 4.69) is 5.32 Å². The number of benzene rings is 1. The molecule has 2 N–H and O–H groups in total. The van der Waals surface area contributed by atoms with E-state index in [1.54, 1.807) is 0 Å². The van der Waals surface area contributed by atoms with Gasteiger partial charge in [0.05, 0.1) is 16.4 Å². The van der Waals surface area contributed by atoms with Crippen molar-refractivity contribution in [2.24, 2.45) is 0 Å². The van der Waals surface area contributed by atoms with Crippen LogP contribution >= 0.6 is 11.6 Å². The van der Waals surface area contributed by atoms with Crippen molar-refractivity contribution in [3.8, 4) is 0 Å². The van der Waals surface area contributed by atoms with Crippen molar-refractivity contribution < 1.29 is 26.2 Å². The van der Waals surface area contributed by atoms with Crippen LogP contribution in [0.15, 0.2) is 29.2 Å². The lowest BCUT2D eigenvalue weighted by atomic mass is 10.3. The molecule has 0 radical (unpaired) electrons. The molecule has 0 fully saturated rings. The predicted octanol–water partition coefficient (Wildman–Crippen LogP) is 1.31. The molecule has 0 aromatic heterocycles. The molecule has 0 saturated carbocycles. The van der Waals surface area contributed by atoms with Crippen LogP contribution in [-0.2, 0) is 24.7 Å². The van der Waals surface area contributed by atoms with Crippen LogP contribution in [0, 0.1) is 0 Å². The summed E-state index contributed by atoms with van der Waals surface area (Å²) in [6.45, 7) is 0. The Balaban J connectivity index is 2.49. The van der Waals surface area contributed by atoms with Crippen molar-refractivity contribution in [2.45, 2.75) is 17.7 Å². The van der Waals surface area contributed by atoms with E-state index >= 15 is 0 Å². The van der Waals surface area contributed by atoms with Gasteiger partial charge in [0.15, 0.2) is 9.84 Å². The van der Waals surface area contributed by atoms with Gasteiger partial charge in [-0.3, -0.25) is 9.35 Å². The molecule has 0 aliphatic heterocycles. The van der Waals surface area contributed by atoms with Crippen molar-refractivity contribution in [1.29, 1.82) is 0 Å². The number of alkyl halides is 1. The van der Waals surface area contributed by atoms with E-state index in [-0.39, 0.29) is 41.0 Å². The number of nitrogens with one attached hydrogen (secondary N) is 1. The van der Waals surface area contributed by atoms with Gasteiger partial charge in [0.1, 0.15) is 0 Å². The minimum Gasteiger partial charge on any atom is -0.326 e. The number of halogens is 1. The highest BCUT2D eigenvalue weighted by Crippen LogP contribution is 2.14. The smallest absolute Gasteiger partial charge is 0.294 e. The van der Waals surface area contributed by atoms with Crippen molar-refractivity contribution in [3.05, 3.63) is 24.3 Å². The minimum absolute atomic E-state index is 0.0154. The molecule has 10 heteroatoms. The summed E-state index contributed by atoms with van der Waals surface area (Å²) in [5.41, 5.74) is 0.348. The molecule has 1 rings (SSSR count). The third-order valence-corrected chi connectivity index (χ3v) is 5.70. The van der Waals surface area contributed by atoms with E-state index in [9.17, 15) is 21.6 Å². The second-order valence-corrected chi connectivity index (χ2v) is 8.60. The van der Waals surface area contributed by atoms with Gasteiger partial charge in [-0.05, 0) is 30.7 Å². The Bertz CT molecular complexity index is 712. The molecule has 0 aliphatic carbocycles. The minimum atomic E-state index is -4.27. The zero-order valence-electron chi connectivity index (χ0n) is 11.5. The summed E-state index contributed by atoms with van der Waals surface area (Å²) in [6, 6.07) is 4.95. The molecule has 0 bridgehead atoms. The molecular weight excluding hydrogens is 354 g/mol. The third-order valence-electron chi connectivity index (χ3n) is 2.68. The van der Waals surface area contributed by atoms with Crippen LogP contribution in [0.3, 0.4) is 0 Å². The quantitative estimate of drug-likeness (QED) is 0.527. The Morgan fingerprint density at radius 3 is 2.18 bits per heavy atom. The van der Waals surface area contributed by atoms with Crippen LogP contribution in [0.1, 0.15) is 12.8 Å². The SMILES string of the molecule is O=C(CCCS(=O)(=O)CCCl)Nc1ccc(S(=O)(=O)O)cc1. The Morgan fingerprint density at radius 1 is 1.09 bits per heavy atom. The monoisotopic (exact) mass is 369 g/mol. The average molecular weight is 370 g/mol. The number of sulfone groups is 1. The highest BCUT2D eigenvalue weighted by Gasteiger charge is 2.12. The molecular formula is C12H16ClNO6S2. The van der Waals surface area contributed by atoms with Crippen LogP contribution in [0.25, 0.3) is 0 Å². The average Bonchev–Trinajstić information content (AvgIpc) is 2.37. The zero-order valence-corrected chi connectivity index (χ0v) is 13.9. The lowest BCUT2D eigenvalue weighted by Gasteiger charge is -2.06. The van der Waals surface area contributed by atoms with Gasteiger partial charge in [-0.25, -0.2) is 8.42 Å². The summed E-state index contributed by atoms with van der Waals surface area (Å²) in [5, 5.41) is 2.50. The van der Waals surface area contributed by atoms with Crippen LogP contribution in [0.5, 0.6) is 0 Å². The van der Waals surface area contributed by atoms with E-state index < -0.39 is 20.0 Å². The lowest BCUT2D eigenvalue weighted by Crippen LogP contribution is -2.16. The van der Waals surface area contributed by atoms with E-state index in [1.165, 1.54) is 12.1 Å². The predicted molar refractivity (Wildman–Crippen MR) is 83.5 cm³/mol. The third kappa shape index (κ3) is 6.73. The van der Waals surface area contributed by atoms with Crippen LogP contribution in [0.4, 0.5) is 5.69 Å². The molecule has 1 aromatic rings. The Labute approximate surface area is 134 Å². The Hall–Kier alpha value is -1.16. The highest BCUT2D eigenvalue weighted by atomic mass is 35.5. The summed E-state index contributed by atoms with van der Waals surface area (Å²) in [6.07, 6.45) is 0.190. The van der Waals surface area contributed by atoms with E-state index in [4.69, 9.17) is 16.2 Å². The first-order valence-electron chi connectivity index (χ1n) is 6.28. The molecule has 0 unspecified atom stereocenters. The number of rotatable bonds is 8. The second-order valence-electron chi connectivity index (χ2n) is 4.49. The number of anilines is 1. The number of hydrogen-bond donors (Lipinski definition) is 2. The molecule has 22 heavy (non-hydrogen) atoms. The molecule has 0 aliphatic rings. The molecule has 124 valence electrons. The first-order chi connectivity index (χ1) is 10.1. The number of carbonyl (C=O) groups is 1. The number of hydrogen-bond acceptors (Lipinski definition) is 5. The van der Waals surface area contributed by atoms with Crippen molar-refractivity contribution >= 4 is 43.2 Å². The van der Waals surface area contributed by atoms with Crippen molar-refractivity contribution in [1.82, 2.24) is 0 Å². The zero-order chi connectivity index (χ0) is 16.8. The summed E-state index contributed by atoms with van der Waals surface area (Å²) in [7, 11) is -7.50. The maximum atomic E-state index is 11.6. The summed E-state index contributed by atoms with van der Waals surface area (Å²) >= 11 is 5.36. The van der Waals surface area contributed by atoms with Gasteiger partial charge in [0, 0.05) is 18.0 Å². The second kappa shape index (κ2) is 7.91. The van der Waals surface area contributed by atoms with Crippen LogP contribution < -0.4 is 5.32 Å². The molecule has 0 atom stereocenters. The van der Waals surface area contributed by atoms with Gasteiger partial charge in [-0.15, -0.1) is 11.6 Å². The Morgan fingerprint density at radius 2 is 1.68 bits per heavy atom. The van der Waals surface area contributed by atoms with E-state index in [1.807, 2.05) is 0 Å². The fourth-order valence-electron chi connectivity index (χ4n) is 1.61. The summed E-state index contributed by atoms with van der Waals surface area (Å²) < 4.78 is 53.3. The van der Waals surface area contributed by atoms with Crippen molar-refractivity contribution in [3.63, 3.8) is 0 Å². The highest BCUT2D eigenvalue weighted by molar-refractivity contribution is 7.91. The maximum Gasteiger partial charge on any atom is 0.294 e.